The molecule has 1 N–H and O–H groups in total. The number of carboxylic acid groups (broad SMARTS) is 1. The van der Waals surface area contributed by atoms with Crippen LogP contribution in [0.3, 0.4) is 0 Å². The molecule has 1 aliphatic carbocycles. The summed E-state index contributed by atoms with van der Waals surface area (Å²) in [6.45, 7) is 2.97. The van der Waals surface area contributed by atoms with Crippen molar-refractivity contribution < 1.29 is 14.7 Å². The topological polar surface area (TPSA) is 57.6 Å². The second-order valence-corrected chi connectivity index (χ2v) is 5.95. The molecule has 0 bridgehead atoms. The van der Waals surface area contributed by atoms with E-state index in [0.29, 0.717) is 5.41 Å². The van der Waals surface area contributed by atoms with E-state index in [4.69, 9.17) is 5.11 Å². The molecule has 102 valence electrons. The standard InChI is InChI=1S/C14H23NO3/c1-11(13(17)18)12(16)15-9-7-14(8-10-15)5-3-2-4-6-14/h11H,2-10H2,1H3,(H,17,18). The van der Waals surface area contributed by atoms with Gasteiger partial charge in [0.2, 0.25) is 5.91 Å². The predicted octanol–water partition coefficient (Wildman–Crippen LogP) is 2.28. The van der Waals surface area contributed by atoms with Crippen molar-refractivity contribution in [3.8, 4) is 0 Å². The van der Waals surface area contributed by atoms with Crippen LogP contribution < -0.4 is 0 Å². The Morgan fingerprint density at radius 3 is 2.11 bits per heavy atom. The molecular weight excluding hydrogens is 230 g/mol. The number of carbonyl (C=O) groups is 2. The van der Waals surface area contributed by atoms with Crippen LogP contribution in [-0.2, 0) is 9.59 Å². The molecule has 1 spiro atoms. The lowest BCUT2D eigenvalue weighted by Crippen LogP contribution is -2.46. The fourth-order valence-corrected chi connectivity index (χ4v) is 3.38. The minimum absolute atomic E-state index is 0.215. The minimum Gasteiger partial charge on any atom is -0.481 e. The zero-order valence-corrected chi connectivity index (χ0v) is 11.2. The van der Waals surface area contributed by atoms with Gasteiger partial charge in [0.25, 0.3) is 0 Å². The number of hydrogen-bond donors (Lipinski definition) is 1. The molecule has 2 aliphatic rings. The van der Waals surface area contributed by atoms with Gasteiger partial charge in [-0.1, -0.05) is 19.3 Å². The third-order valence-electron chi connectivity index (χ3n) is 4.79. The highest BCUT2D eigenvalue weighted by molar-refractivity contribution is 5.96. The number of likely N-dealkylation sites (tertiary alicyclic amines) is 1. The summed E-state index contributed by atoms with van der Waals surface area (Å²) in [6, 6.07) is 0. The van der Waals surface area contributed by atoms with Gasteiger partial charge in [-0.25, -0.2) is 0 Å². The average Bonchev–Trinajstić information content (AvgIpc) is 2.39. The van der Waals surface area contributed by atoms with Crippen LogP contribution in [0.2, 0.25) is 0 Å². The van der Waals surface area contributed by atoms with Crippen LogP contribution >= 0.6 is 0 Å². The van der Waals surface area contributed by atoms with Crippen molar-refractivity contribution in [1.82, 2.24) is 4.90 Å². The van der Waals surface area contributed by atoms with Crippen LogP contribution in [-0.4, -0.2) is 35.0 Å². The molecule has 1 atom stereocenters. The van der Waals surface area contributed by atoms with Gasteiger partial charge in [0.1, 0.15) is 5.92 Å². The van der Waals surface area contributed by atoms with Crippen molar-refractivity contribution in [1.29, 1.82) is 0 Å². The van der Waals surface area contributed by atoms with E-state index in [-0.39, 0.29) is 5.91 Å². The first-order valence-corrected chi connectivity index (χ1v) is 7.06. The first-order chi connectivity index (χ1) is 8.54. The van der Waals surface area contributed by atoms with Gasteiger partial charge in [0, 0.05) is 13.1 Å². The monoisotopic (exact) mass is 253 g/mol. The summed E-state index contributed by atoms with van der Waals surface area (Å²) in [5.41, 5.74) is 0.460. The molecule has 0 aromatic rings. The van der Waals surface area contributed by atoms with Gasteiger partial charge in [-0.3, -0.25) is 9.59 Å². The van der Waals surface area contributed by atoms with E-state index in [1.807, 2.05) is 0 Å². The molecule has 0 aromatic heterocycles. The van der Waals surface area contributed by atoms with Gasteiger partial charge in [0.15, 0.2) is 0 Å². The molecule has 0 radical (unpaired) electrons. The van der Waals surface area contributed by atoms with Crippen LogP contribution in [0.15, 0.2) is 0 Å². The van der Waals surface area contributed by atoms with E-state index in [0.717, 1.165) is 25.9 Å². The quantitative estimate of drug-likeness (QED) is 0.768. The summed E-state index contributed by atoms with van der Waals surface area (Å²) >= 11 is 0. The fraction of sp³-hybridized carbons (Fsp3) is 0.857. The largest absolute Gasteiger partial charge is 0.481 e. The molecule has 18 heavy (non-hydrogen) atoms. The first-order valence-electron chi connectivity index (χ1n) is 7.06. The third-order valence-corrected chi connectivity index (χ3v) is 4.79. The number of nitrogens with zero attached hydrogens (tertiary/aromatic N) is 1. The van der Waals surface area contributed by atoms with Gasteiger partial charge >= 0.3 is 5.97 Å². The van der Waals surface area contributed by atoms with E-state index in [1.165, 1.54) is 39.0 Å². The molecular formula is C14H23NO3. The number of aliphatic carboxylic acids is 1. The lowest BCUT2D eigenvalue weighted by Gasteiger charge is -2.44. The summed E-state index contributed by atoms with van der Waals surface area (Å²) in [4.78, 5) is 24.5. The Bertz CT molecular complexity index is 324. The van der Waals surface area contributed by atoms with Crippen molar-refractivity contribution in [3.05, 3.63) is 0 Å². The van der Waals surface area contributed by atoms with Crippen molar-refractivity contribution in [2.75, 3.05) is 13.1 Å². The molecule has 0 aromatic carbocycles. The Labute approximate surface area is 108 Å². The van der Waals surface area contributed by atoms with Crippen LogP contribution in [0, 0.1) is 11.3 Å². The number of carbonyl (C=O) groups excluding carboxylic acids is 1. The first kappa shape index (κ1) is 13.4. The second-order valence-electron chi connectivity index (χ2n) is 5.95. The number of rotatable bonds is 2. The summed E-state index contributed by atoms with van der Waals surface area (Å²) < 4.78 is 0. The zero-order valence-electron chi connectivity index (χ0n) is 11.2. The third kappa shape index (κ3) is 2.68. The maximum atomic E-state index is 12.0. The fourth-order valence-electron chi connectivity index (χ4n) is 3.38. The SMILES string of the molecule is CC(C(=O)O)C(=O)N1CCC2(CCCCC2)CC1. The van der Waals surface area contributed by atoms with E-state index in [1.54, 1.807) is 4.90 Å². The van der Waals surface area contributed by atoms with E-state index < -0.39 is 11.9 Å². The highest BCUT2D eigenvalue weighted by Crippen LogP contribution is 2.44. The molecule has 2 rings (SSSR count). The Kier molecular flexibility index (Phi) is 3.93. The highest BCUT2D eigenvalue weighted by Gasteiger charge is 2.38. The van der Waals surface area contributed by atoms with Gasteiger partial charge < -0.3 is 10.0 Å². The average molecular weight is 253 g/mol. The van der Waals surface area contributed by atoms with E-state index in [9.17, 15) is 9.59 Å². The normalized spacial score (nSPS) is 24.8. The number of piperidine rings is 1. The molecule has 4 heteroatoms. The van der Waals surface area contributed by atoms with Crippen molar-refractivity contribution in [2.45, 2.75) is 51.9 Å². The molecule has 4 nitrogen and oxygen atoms in total. The van der Waals surface area contributed by atoms with Crippen molar-refractivity contribution in [3.63, 3.8) is 0 Å². The second kappa shape index (κ2) is 5.29. The van der Waals surface area contributed by atoms with Crippen LogP contribution in [0.25, 0.3) is 0 Å². The molecule has 1 aliphatic heterocycles. The van der Waals surface area contributed by atoms with Crippen molar-refractivity contribution in [2.24, 2.45) is 11.3 Å². The van der Waals surface area contributed by atoms with Gasteiger partial charge in [-0.05, 0) is 38.0 Å². The van der Waals surface area contributed by atoms with Gasteiger partial charge in [-0.2, -0.15) is 0 Å². The summed E-state index contributed by atoms with van der Waals surface area (Å²) in [7, 11) is 0. The van der Waals surface area contributed by atoms with E-state index in [2.05, 4.69) is 0 Å². The lowest BCUT2D eigenvalue weighted by molar-refractivity contribution is -0.151. The minimum atomic E-state index is -1.02. The summed E-state index contributed by atoms with van der Waals surface area (Å²) in [5, 5.41) is 8.88. The molecule has 1 amide bonds. The zero-order chi connectivity index (χ0) is 13.2. The van der Waals surface area contributed by atoms with E-state index >= 15 is 0 Å². The van der Waals surface area contributed by atoms with Crippen molar-refractivity contribution >= 4 is 11.9 Å². The maximum absolute atomic E-state index is 12.0. The number of carboxylic acids is 1. The number of amides is 1. The predicted molar refractivity (Wildman–Crippen MR) is 68.1 cm³/mol. The lowest BCUT2D eigenvalue weighted by atomic mass is 9.68. The van der Waals surface area contributed by atoms with Crippen LogP contribution in [0.5, 0.6) is 0 Å². The Morgan fingerprint density at radius 2 is 1.61 bits per heavy atom. The van der Waals surface area contributed by atoms with Gasteiger partial charge in [-0.15, -0.1) is 0 Å². The molecule has 1 saturated heterocycles. The molecule has 2 fully saturated rings. The summed E-state index contributed by atoms with van der Waals surface area (Å²) in [6.07, 6.45) is 8.70. The maximum Gasteiger partial charge on any atom is 0.315 e. The summed E-state index contributed by atoms with van der Waals surface area (Å²) in [5.74, 6) is -2.13. The van der Waals surface area contributed by atoms with Crippen LogP contribution in [0.4, 0.5) is 0 Å². The van der Waals surface area contributed by atoms with Gasteiger partial charge in [0.05, 0.1) is 0 Å². The van der Waals surface area contributed by atoms with Crippen LogP contribution in [0.1, 0.15) is 51.9 Å². The smallest absolute Gasteiger partial charge is 0.315 e. The highest BCUT2D eigenvalue weighted by atomic mass is 16.4. The Morgan fingerprint density at radius 1 is 1.06 bits per heavy atom. The Balaban J connectivity index is 1.90. The molecule has 1 unspecified atom stereocenters. The molecule has 1 saturated carbocycles. The molecule has 1 heterocycles. The Hall–Kier alpha value is -1.06. The number of hydrogen-bond acceptors (Lipinski definition) is 2.